The molecule has 0 aromatic heterocycles. The Kier molecular flexibility index (Phi) is 10.0. The maximum atomic E-state index is 11.1. The molecule has 0 aliphatic heterocycles. The van der Waals surface area contributed by atoms with Gasteiger partial charge in [-0.15, -0.1) is 15.3 Å². The standard InChI is InChI=1S/C39H35N7O4/c1-24-19-36(37(49-4)22-33(24)43-41-28-9-7-6-8-10-28)46-44-34-23-38(50-5)35(20-25(34)2)45-42-32-18-11-26-21-29(14-17-31(26)39(32)47)40-27-12-15-30(48-3)16-13-27/h6-23,40,47H,1-5H3. The zero-order chi connectivity index (χ0) is 35.0. The third-order valence-electron chi connectivity index (χ3n) is 7.90. The van der Waals surface area contributed by atoms with Crippen molar-refractivity contribution in [2.45, 2.75) is 13.8 Å². The van der Waals surface area contributed by atoms with E-state index in [2.05, 4.69) is 36.0 Å². The molecular formula is C39H35N7O4. The van der Waals surface area contributed by atoms with Gasteiger partial charge in [0.05, 0.1) is 38.4 Å². The maximum absolute atomic E-state index is 11.1. The molecule has 2 N–H and O–H groups in total. The van der Waals surface area contributed by atoms with Crippen molar-refractivity contribution >= 4 is 56.3 Å². The lowest BCUT2D eigenvalue weighted by Gasteiger charge is -2.10. The number of rotatable bonds is 11. The molecule has 0 amide bonds. The Balaban J connectivity index is 1.20. The smallest absolute Gasteiger partial charge is 0.150 e. The second-order valence-corrected chi connectivity index (χ2v) is 11.3. The zero-order valence-electron chi connectivity index (χ0n) is 28.2. The summed E-state index contributed by atoms with van der Waals surface area (Å²) in [6.07, 6.45) is 0. The largest absolute Gasteiger partial charge is 0.505 e. The Bertz CT molecular complexity index is 2240. The van der Waals surface area contributed by atoms with Crippen LogP contribution in [0.1, 0.15) is 11.1 Å². The van der Waals surface area contributed by atoms with Gasteiger partial charge in [0.2, 0.25) is 0 Å². The summed E-state index contributed by atoms with van der Waals surface area (Å²) in [5, 5.41) is 42.4. The van der Waals surface area contributed by atoms with Crippen LogP contribution in [0.3, 0.4) is 0 Å². The SMILES string of the molecule is COc1ccc(Nc2ccc3c(O)c(N=Nc4cc(C)c(N=Nc5cc(C)c(N=Nc6ccccc6)cc5OC)cc4OC)ccc3c2)cc1. The van der Waals surface area contributed by atoms with Crippen LogP contribution < -0.4 is 19.5 Å². The Morgan fingerprint density at radius 3 is 1.66 bits per heavy atom. The number of ether oxygens (including phenoxy) is 3. The third-order valence-corrected chi connectivity index (χ3v) is 7.90. The average molecular weight is 666 g/mol. The van der Waals surface area contributed by atoms with Crippen LogP contribution in [-0.4, -0.2) is 26.4 Å². The van der Waals surface area contributed by atoms with Gasteiger partial charge in [0.15, 0.2) is 5.75 Å². The molecule has 0 saturated heterocycles. The quantitative estimate of drug-likeness (QED) is 0.133. The highest BCUT2D eigenvalue weighted by atomic mass is 16.5. The fourth-order valence-corrected chi connectivity index (χ4v) is 5.15. The lowest BCUT2D eigenvalue weighted by Crippen LogP contribution is -1.90. The number of nitrogens with one attached hydrogen (secondary N) is 1. The molecule has 0 spiro atoms. The van der Waals surface area contributed by atoms with Crippen molar-refractivity contribution in [1.82, 2.24) is 0 Å². The Morgan fingerprint density at radius 2 is 1.06 bits per heavy atom. The molecule has 6 aromatic rings. The number of nitrogens with zero attached hydrogens (tertiary/aromatic N) is 6. The highest BCUT2D eigenvalue weighted by molar-refractivity contribution is 5.94. The number of benzene rings is 6. The van der Waals surface area contributed by atoms with Crippen molar-refractivity contribution < 1.29 is 19.3 Å². The average Bonchev–Trinajstić information content (AvgIpc) is 3.14. The predicted molar refractivity (Wildman–Crippen MR) is 196 cm³/mol. The number of anilines is 2. The molecular weight excluding hydrogens is 630 g/mol. The van der Waals surface area contributed by atoms with Crippen molar-refractivity contribution in [1.29, 1.82) is 0 Å². The first-order chi connectivity index (χ1) is 24.3. The first kappa shape index (κ1) is 33.3. The van der Waals surface area contributed by atoms with Crippen LogP contribution in [0, 0.1) is 13.8 Å². The summed E-state index contributed by atoms with van der Waals surface area (Å²) in [5.74, 6) is 1.77. The van der Waals surface area contributed by atoms with Gasteiger partial charge >= 0.3 is 0 Å². The van der Waals surface area contributed by atoms with Crippen molar-refractivity contribution in [2.24, 2.45) is 30.7 Å². The molecule has 0 bridgehead atoms. The fourth-order valence-electron chi connectivity index (χ4n) is 5.15. The number of hydrogen-bond donors (Lipinski definition) is 2. The van der Waals surface area contributed by atoms with Crippen molar-refractivity contribution in [3.05, 3.63) is 120 Å². The van der Waals surface area contributed by atoms with Crippen LogP contribution in [0.15, 0.2) is 140 Å². The van der Waals surface area contributed by atoms with Gasteiger partial charge < -0.3 is 24.6 Å². The molecule has 0 radical (unpaired) electrons. The number of methoxy groups -OCH3 is 3. The van der Waals surface area contributed by atoms with Gasteiger partial charge in [-0.3, -0.25) is 0 Å². The van der Waals surface area contributed by atoms with E-state index in [1.165, 1.54) is 0 Å². The van der Waals surface area contributed by atoms with E-state index in [1.54, 1.807) is 45.6 Å². The normalized spacial score (nSPS) is 11.5. The van der Waals surface area contributed by atoms with Crippen LogP contribution in [0.5, 0.6) is 23.0 Å². The van der Waals surface area contributed by atoms with Gasteiger partial charge in [0, 0.05) is 28.9 Å². The third kappa shape index (κ3) is 7.57. The highest BCUT2D eigenvalue weighted by Gasteiger charge is 2.12. The summed E-state index contributed by atoms with van der Waals surface area (Å²) in [6.45, 7) is 3.82. The fraction of sp³-hybridized carbons (Fsp3) is 0.128. The number of aryl methyl sites for hydroxylation is 2. The van der Waals surface area contributed by atoms with Crippen LogP contribution in [0.2, 0.25) is 0 Å². The number of aromatic hydroxyl groups is 1. The molecule has 50 heavy (non-hydrogen) atoms. The number of phenolic OH excluding ortho intramolecular Hbond substituents is 1. The summed E-state index contributed by atoms with van der Waals surface area (Å²) >= 11 is 0. The van der Waals surface area contributed by atoms with Gasteiger partial charge in [0.25, 0.3) is 0 Å². The van der Waals surface area contributed by atoms with Gasteiger partial charge in [-0.2, -0.15) is 15.3 Å². The molecule has 0 aliphatic rings. The summed E-state index contributed by atoms with van der Waals surface area (Å²) in [4.78, 5) is 0. The van der Waals surface area contributed by atoms with E-state index in [-0.39, 0.29) is 5.75 Å². The van der Waals surface area contributed by atoms with E-state index in [4.69, 9.17) is 14.2 Å². The van der Waals surface area contributed by atoms with Crippen LogP contribution >= 0.6 is 0 Å². The Hall–Kier alpha value is -6.62. The molecule has 11 nitrogen and oxygen atoms in total. The lowest BCUT2D eigenvalue weighted by atomic mass is 10.1. The van der Waals surface area contributed by atoms with E-state index in [1.807, 2.05) is 98.8 Å². The molecule has 250 valence electrons. The zero-order valence-corrected chi connectivity index (χ0v) is 28.2. The van der Waals surface area contributed by atoms with Crippen molar-refractivity contribution in [2.75, 3.05) is 26.6 Å². The van der Waals surface area contributed by atoms with Crippen molar-refractivity contribution in [3.8, 4) is 23.0 Å². The first-order valence-corrected chi connectivity index (χ1v) is 15.7. The topological polar surface area (TPSA) is 134 Å². The molecule has 0 aliphatic carbocycles. The Morgan fingerprint density at radius 1 is 0.500 bits per heavy atom. The van der Waals surface area contributed by atoms with Crippen LogP contribution in [-0.2, 0) is 0 Å². The van der Waals surface area contributed by atoms with Crippen LogP contribution in [0.25, 0.3) is 10.8 Å². The molecule has 0 fully saturated rings. The summed E-state index contributed by atoms with van der Waals surface area (Å²) in [7, 11) is 4.75. The highest BCUT2D eigenvalue weighted by Crippen LogP contribution is 2.41. The number of hydrogen-bond acceptors (Lipinski definition) is 11. The summed E-state index contributed by atoms with van der Waals surface area (Å²) < 4.78 is 16.4. The first-order valence-electron chi connectivity index (χ1n) is 15.7. The summed E-state index contributed by atoms with van der Waals surface area (Å²) in [5.41, 5.74) is 6.81. The van der Waals surface area contributed by atoms with Crippen molar-refractivity contribution in [3.63, 3.8) is 0 Å². The van der Waals surface area contributed by atoms with Gasteiger partial charge in [-0.1, -0.05) is 24.3 Å². The summed E-state index contributed by atoms with van der Waals surface area (Å²) in [6, 6.07) is 33.7. The number of phenols is 1. The lowest BCUT2D eigenvalue weighted by molar-refractivity contribution is 0.415. The molecule has 6 rings (SSSR count). The molecule has 0 heterocycles. The molecule has 0 atom stereocenters. The minimum absolute atomic E-state index is 0.0279. The molecule has 11 heteroatoms. The number of azo groups is 3. The van der Waals surface area contributed by atoms with E-state index in [0.717, 1.165) is 39.3 Å². The second kappa shape index (κ2) is 15.1. The van der Waals surface area contributed by atoms with E-state index >= 15 is 0 Å². The second-order valence-electron chi connectivity index (χ2n) is 11.3. The maximum Gasteiger partial charge on any atom is 0.150 e. The monoisotopic (exact) mass is 665 g/mol. The van der Waals surface area contributed by atoms with Gasteiger partial charge in [0.1, 0.15) is 34.3 Å². The van der Waals surface area contributed by atoms with Crippen LogP contribution in [0.4, 0.5) is 45.5 Å². The molecule has 0 unspecified atom stereocenters. The minimum Gasteiger partial charge on any atom is -0.505 e. The minimum atomic E-state index is 0.0279. The Labute approximate surface area is 289 Å². The van der Waals surface area contributed by atoms with Gasteiger partial charge in [-0.25, -0.2) is 0 Å². The molecule has 6 aromatic carbocycles. The predicted octanol–water partition coefficient (Wildman–Crippen LogP) is 12.2. The van der Waals surface area contributed by atoms with E-state index < -0.39 is 0 Å². The molecule has 0 saturated carbocycles. The van der Waals surface area contributed by atoms with E-state index in [9.17, 15) is 5.11 Å². The van der Waals surface area contributed by atoms with Gasteiger partial charge in [-0.05, 0) is 103 Å². The van der Waals surface area contributed by atoms with E-state index in [0.29, 0.717) is 45.3 Å². The number of fused-ring (bicyclic) bond motifs is 1.